The van der Waals surface area contributed by atoms with Crippen LogP contribution in [-0.4, -0.2) is 6.23 Å². The fourth-order valence-electron chi connectivity index (χ4n) is 4.43. The summed E-state index contributed by atoms with van der Waals surface area (Å²) in [6.45, 7) is 3.23. The van der Waals surface area contributed by atoms with Crippen molar-refractivity contribution >= 4 is 5.69 Å². The van der Waals surface area contributed by atoms with E-state index in [2.05, 4.69) is 90.7 Å². The maximum atomic E-state index is 6.48. The number of nitrogens with zero attached hydrogens (tertiary/aromatic N) is 1. The molecule has 2 heterocycles. The summed E-state index contributed by atoms with van der Waals surface area (Å²) in [6.07, 6.45) is 0.0648. The average Bonchev–Trinajstić information content (AvgIpc) is 2.68. The highest BCUT2D eigenvalue weighted by Gasteiger charge is 2.42. The molecule has 0 fully saturated rings. The van der Waals surface area contributed by atoms with Crippen molar-refractivity contribution < 1.29 is 4.74 Å². The van der Waals surface area contributed by atoms with Gasteiger partial charge in [-0.1, -0.05) is 73.7 Å². The number of rotatable bonds is 1. The van der Waals surface area contributed by atoms with E-state index >= 15 is 0 Å². The van der Waals surface area contributed by atoms with Crippen LogP contribution >= 0.6 is 0 Å². The standard InChI is InChI=1S/C23H21NO/c1-16-22(17-9-3-2-4-10-17)19-12-6-7-13-20(19)24-15-18-11-5-8-14-21(18)25-23(16)24/h2-14,16,22-23H,15H2,1H3/t16-,22+,23-/m0/s1. The predicted molar refractivity (Wildman–Crippen MR) is 101 cm³/mol. The first-order valence-corrected chi connectivity index (χ1v) is 8.98. The van der Waals surface area contributed by atoms with Crippen LogP contribution in [0.15, 0.2) is 78.9 Å². The molecule has 2 aliphatic heterocycles. The lowest BCUT2D eigenvalue weighted by molar-refractivity contribution is 0.105. The van der Waals surface area contributed by atoms with Gasteiger partial charge in [0, 0.05) is 23.1 Å². The Hall–Kier alpha value is -2.74. The summed E-state index contributed by atoms with van der Waals surface area (Å²) in [5, 5.41) is 0. The molecule has 0 saturated heterocycles. The first kappa shape index (κ1) is 14.6. The number of benzene rings is 3. The van der Waals surface area contributed by atoms with Crippen LogP contribution in [0.1, 0.15) is 29.5 Å². The van der Waals surface area contributed by atoms with E-state index in [1.54, 1.807) is 0 Å². The Labute approximate surface area is 148 Å². The van der Waals surface area contributed by atoms with Crippen molar-refractivity contribution in [1.82, 2.24) is 0 Å². The summed E-state index contributed by atoms with van der Waals surface area (Å²) in [5.41, 5.74) is 5.33. The van der Waals surface area contributed by atoms with E-state index in [0.717, 1.165) is 12.3 Å². The highest BCUT2D eigenvalue weighted by molar-refractivity contribution is 5.62. The van der Waals surface area contributed by atoms with Gasteiger partial charge in [-0.15, -0.1) is 0 Å². The molecule has 0 aromatic heterocycles. The molecule has 3 atom stereocenters. The van der Waals surface area contributed by atoms with Gasteiger partial charge in [-0.2, -0.15) is 0 Å². The Bertz CT molecular complexity index is 905. The van der Waals surface area contributed by atoms with Gasteiger partial charge in [-0.05, 0) is 23.3 Å². The quantitative estimate of drug-likeness (QED) is 0.609. The van der Waals surface area contributed by atoms with E-state index in [0.29, 0.717) is 11.8 Å². The van der Waals surface area contributed by atoms with Crippen molar-refractivity contribution in [2.45, 2.75) is 25.6 Å². The van der Waals surface area contributed by atoms with Gasteiger partial charge in [0.05, 0.1) is 6.54 Å². The Kier molecular flexibility index (Phi) is 3.30. The Balaban J connectivity index is 1.66. The Morgan fingerprint density at radius 2 is 1.56 bits per heavy atom. The van der Waals surface area contributed by atoms with Crippen molar-refractivity contribution in [2.75, 3.05) is 4.90 Å². The zero-order valence-electron chi connectivity index (χ0n) is 14.3. The van der Waals surface area contributed by atoms with Crippen LogP contribution in [0, 0.1) is 5.92 Å². The molecule has 0 radical (unpaired) electrons. The maximum Gasteiger partial charge on any atom is 0.176 e. The highest BCUT2D eigenvalue weighted by Crippen LogP contribution is 2.48. The van der Waals surface area contributed by atoms with E-state index in [1.807, 2.05) is 0 Å². The largest absolute Gasteiger partial charge is 0.470 e. The zero-order chi connectivity index (χ0) is 16.8. The minimum absolute atomic E-state index is 0.0648. The Morgan fingerprint density at radius 3 is 2.44 bits per heavy atom. The van der Waals surface area contributed by atoms with Gasteiger partial charge in [-0.3, -0.25) is 0 Å². The molecule has 0 amide bonds. The van der Waals surface area contributed by atoms with Crippen molar-refractivity contribution in [3.8, 4) is 5.75 Å². The smallest absolute Gasteiger partial charge is 0.176 e. The molecule has 0 bridgehead atoms. The summed E-state index contributed by atoms with van der Waals surface area (Å²) < 4.78 is 6.48. The minimum atomic E-state index is 0.0648. The number of hydrogen-bond donors (Lipinski definition) is 0. The van der Waals surface area contributed by atoms with Crippen LogP contribution in [0.25, 0.3) is 0 Å². The second-order valence-electron chi connectivity index (χ2n) is 7.05. The molecule has 124 valence electrons. The molecule has 2 aliphatic rings. The molecule has 3 aromatic carbocycles. The van der Waals surface area contributed by atoms with Crippen LogP contribution in [0.2, 0.25) is 0 Å². The monoisotopic (exact) mass is 327 g/mol. The van der Waals surface area contributed by atoms with Crippen LogP contribution < -0.4 is 9.64 Å². The van der Waals surface area contributed by atoms with Gasteiger partial charge in [0.15, 0.2) is 6.23 Å². The number of anilines is 1. The Morgan fingerprint density at radius 1 is 0.840 bits per heavy atom. The van der Waals surface area contributed by atoms with Gasteiger partial charge in [0.2, 0.25) is 0 Å². The minimum Gasteiger partial charge on any atom is -0.470 e. The van der Waals surface area contributed by atoms with Gasteiger partial charge in [0.25, 0.3) is 0 Å². The fourth-order valence-corrected chi connectivity index (χ4v) is 4.43. The summed E-state index contributed by atoms with van der Waals surface area (Å²) in [4.78, 5) is 2.43. The lowest BCUT2D eigenvalue weighted by Gasteiger charge is -2.48. The average molecular weight is 327 g/mol. The first-order valence-electron chi connectivity index (χ1n) is 8.98. The maximum absolute atomic E-state index is 6.48. The van der Waals surface area contributed by atoms with Gasteiger partial charge < -0.3 is 9.64 Å². The second kappa shape index (κ2) is 5.66. The van der Waals surface area contributed by atoms with E-state index in [1.165, 1.54) is 22.4 Å². The van der Waals surface area contributed by atoms with E-state index in [-0.39, 0.29) is 6.23 Å². The van der Waals surface area contributed by atoms with E-state index in [4.69, 9.17) is 4.74 Å². The fraction of sp³-hybridized carbons (Fsp3) is 0.217. The van der Waals surface area contributed by atoms with Crippen molar-refractivity contribution in [1.29, 1.82) is 0 Å². The van der Waals surface area contributed by atoms with Crippen molar-refractivity contribution in [3.63, 3.8) is 0 Å². The summed E-state index contributed by atoms with van der Waals surface area (Å²) in [7, 11) is 0. The summed E-state index contributed by atoms with van der Waals surface area (Å²) in [6, 6.07) is 28.1. The molecular formula is C23H21NO. The van der Waals surface area contributed by atoms with Crippen LogP contribution in [0.3, 0.4) is 0 Å². The second-order valence-corrected chi connectivity index (χ2v) is 7.05. The van der Waals surface area contributed by atoms with Crippen molar-refractivity contribution in [3.05, 3.63) is 95.6 Å². The van der Waals surface area contributed by atoms with Crippen LogP contribution in [0.4, 0.5) is 5.69 Å². The molecule has 2 nitrogen and oxygen atoms in total. The molecule has 2 heteroatoms. The molecule has 0 spiro atoms. The topological polar surface area (TPSA) is 12.5 Å². The molecular weight excluding hydrogens is 306 g/mol. The molecule has 3 aromatic rings. The normalized spacial score (nSPS) is 23.9. The third-order valence-corrected chi connectivity index (χ3v) is 5.58. The highest BCUT2D eigenvalue weighted by atomic mass is 16.5. The number of fused-ring (bicyclic) bond motifs is 4. The van der Waals surface area contributed by atoms with Gasteiger partial charge in [0.1, 0.15) is 5.75 Å². The first-order chi connectivity index (χ1) is 12.3. The number of hydrogen-bond acceptors (Lipinski definition) is 2. The molecule has 0 saturated carbocycles. The van der Waals surface area contributed by atoms with Crippen molar-refractivity contribution in [2.24, 2.45) is 5.92 Å². The lowest BCUT2D eigenvalue weighted by Crippen LogP contribution is -2.51. The molecule has 0 N–H and O–H groups in total. The van der Waals surface area contributed by atoms with Gasteiger partial charge in [-0.25, -0.2) is 0 Å². The predicted octanol–water partition coefficient (Wildman–Crippen LogP) is 5.19. The molecule has 25 heavy (non-hydrogen) atoms. The van der Waals surface area contributed by atoms with E-state index in [9.17, 15) is 0 Å². The van der Waals surface area contributed by atoms with E-state index < -0.39 is 0 Å². The van der Waals surface area contributed by atoms with Gasteiger partial charge >= 0.3 is 0 Å². The molecule has 0 aliphatic carbocycles. The summed E-state index contributed by atoms with van der Waals surface area (Å²) in [5.74, 6) is 1.75. The third kappa shape index (κ3) is 2.25. The number of para-hydroxylation sites is 2. The molecule has 0 unspecified atom stereocenters. The summed E-state index contributed by atoms with van der Waals surface area (Å²) >= 11 is 0. The van der Waals surface area contributed by atoms with Crippen LogP contribution in [0.5, 0.6) is 5.75 Å². The molecule has 5 rings (SSSR count). The zero-order valence-corrected chi connectivity index (χ0v) is 14.3. The number of ether oxygens (including phenoxy) is 1. The third-order valence-electron chi connectivity index (χ3n) is 5.58. The lowest BCUT2D eigenvalue weighted by atomic mass is 9.76. The SMILES string of the molecule is C[C@H]1[C@H](c2ccccc2)c2ccccc2N2Cc3ccccc3O[C@@H]12. The van der Waals surface area contributed by atoms with Crippen LogP contribution in [-0.2, 0) is 6.54 Å².